The fourth-order valence-electron chi connectivity index (χ4n) is 1.18. The number of aromatic nitrogens is 3. The van der Waals surface area contributed by atoms with Gasteiger partial charge in [-0.3, -0.25) is 5.10 Å². The molecule has 0 aliphatic heterocycles. The van der Waals surface area contributed by atoms with E-state index < -0.39 is 0 Å². The third-order valence-corrected chi connectivity index (χ3v) is 1.88. The molecule has 2 aromatic rings. The van der Waals surface area contributed by atoms with E-state index in [-0.39, 0.29) is 0 Å². The summed E-state index contributed by atoms with van der Waals surface area (Å²) in [5.41, 5.74) is 3.18. The number of rotatable bonds is 1. The van der Waals surface area contributed by atoms with E-state index in [0.717, 1.165) is 17.0 Å². The fraction of sp³-hybridized carbons (Fsp3) is 0.100. The lowest BCUT2D eigenvalue weighted by Crippen LogP contribution is -1.83. The van der Waals surface area contributed by atoms with E-state index in [2.05, 4.69) is 15.2 Å². The normalized spacial score (nSPS) is 9.71. The summed E-state index contributed by atoms with van der Waals surface area (Å²) >= 11 is 0. The minimum Gasteiger partial charge on any atom is -0.282 e. The largest absolute Gasteiger partial charge is 0.282 e. The molecule has 0 radical (unpaired) electrons. The van der Waals surface area contributed by atoms with E-state index in [1.54, 1.807) is 12.3 Å². The highest BCUT2D eigenvalue weighted by Gasteiger charge is 2.01. The molecule has 4 nitrogen and oxygen atoms in total. The Kier molecular flexibility index (Phi) is 1.99. The van der Waals surface area contributed by atoms with E-state index in [4.69, 9.17) is 5.26 Å². The zero-order valence-electron chi connectivity index (χ0n) is 7.65. The number of nitrogens with one attached hydrogen (secondary N) is 1. The van der Waals surface area contributed by atoms with Gasteiger partial charge in [-0.05, 0) is 25.1 Å². The van der Waals surface area contributed by atoms with Crippen molar-refractivity contribution in [3.8, 4) is 17.3 Å². The zero-order valence-corrected chi connectivity index (χ0v) is 7.65. The second-order valence-corrected chi connectivity index (χ2v) is 2.98. The minimum atomic E-state index is 0.418. The van der Waals surface area contributed by atoms with Crippen molar-refractivity contribution in [2.45, 2.75) is 6.92 Å². The monoisotopic (exact) mass is 184 g/mol. The predicted molar refractivity (Wildman–Crippen MR) is 51.3 cm³/mol. The van der Waals surface area contributed by atoms with Crippen molar-refractivity contribution in [2.24, 2.45) is 0 Å². The van der Waals surface area contributed by atoms with Gasteiger partial charge in [0.05, 0.1) is 5.69 Å². The van der Waals surface area contributed by atoms with Gasteiger partial charge in [-0.15, -0.1) is 0 Å². The summed E-state index contributed by atoms with van der Waals surface area (Å²) in [7, 11) is 0. The van der Waals surface area contributed by atoms with Gasteiger partial charge in [0.15, 0.2) is 0 Å². The SMILES string of the molecule is Cc1cc(-c2ccc(C#N)nc2)n[nH]1. The molecule has 2 rings (SSSR count). The maximum atomic E-state index is 8.57. The van der Waals surface area contributed by atoms with Crippen LogP contribution in [-0.2, 0) is 0 Å². The molecular formula is C10H8N4. The quantitative estimate of drug-likeness (QED) is 0.732. The minimum absolute atomic E-state index is 0.418. The molecule has 0 bridgehead atoms. The lowest BCUT2D eigenvalue weighted by Gasteiger charge is -1.93. The van der Waals surface area contributed by atoms with Gasteiger partial charge in [-0.1, -0.05) is 0 Å². The van der Waals surface area contributed by atoms with E-state index in [9.17, 15) is 0 Å². The molecular weight excluding hydrogens is 176 g/mol. The first-order chi connectivity index (χ1) is 6.79. The molecule has 4 heteroatoms. The Bertz CT molecular complexity index is 476. The number of hydrogen-bond acceptors (Lipinski definition) is 3. The van der Waals surface area contributed by atoms with E-state index in [1.165, 1.54) is 0 Å². The van der Waals surface area contributed by atoms with Crippen molar-refractivity contribution < 1.29 is 0 Å². The van der Waals surface area contributed by atoms with Crippen LogP contribution in [0.2, 0.25) is 0 Å². The molecule has 14 heavy (non-hydrogen) atoms. The molecule has 0 atom stereocenters. The summed E-state index contributed by atoms with van der Waals surface area (Å²) in [6, 6.07) is 7.42. The number of nitriles is 1. The van der Waals surface area contributed by atoms with E-state index in [0.29, 0.717) is 5.69 Å². The van der Waals surface area contributed by atoms with Crippen molar-refractivity contribution in [3.05, 3.63) is 35.8 Å². The Morgan fingerprint density at radius 1 is 1.43 bits per heavy atom. The summed E-state index contributed by atoms with van der Waals surface area (Å²) < 4.78 is 0. The standard InChI is InChI=1S/C10H8N4/c1-7-4-10(14-13-7)8-2-3-9(5-11)12-6-8/h2-4,6H,1H3,(H,13,14). The molecule has 1 N–H and O–H groups in total. The molecule has 0 spiro atoms. The van der Waals surface area contributed by atoms with Gasteiger partial charge in [0.2, 0.25) is 0 Å². The summed E-state index contributed by atoms with van der Waals surface area (Å²) in [6.07, 6.45) is 1.65. The van der Waals surface area contributed by atoms with Gasteiger partial charge < -0.3 is 0 Å². The molecule has 0 amide bonds. The number of aromatic amines is 1. The maximum Gasteiger partial charge on any atom is 0.140 e. The van der Waals surface area contributed by atoms with Crippen LogP contribution in [0.15, 0.2) is 24.4 Å². The third kappa shape index (κ3) is 1.48. The highest BCUT2D eigenvalue weighted by Crippen LogP contribution is 2.15. The average molecular weight is 184 g/mol. The van der Waals surface area contributed by atoms with E-state index >= 15 is 0 Å². The Morgan fingerprint density at radius 2 is 2.29 bits per heavy atom. The Morgan fingerprint density at radius 3 is 2.79 bits per heavy atom. The van der Waals surface area contributed by atoms with E-state index in [1.807, 2.05) is 25.1 Å². The number of pyridine rings is 1. The van der Waals surface area contributed by atoms with Crippen molar-refractivity contribution in [1.82, 2.24) is 15.2 Å². The van der Waals surface area contributed by atoms with Crippen molar-refractivity contribution in [1.29, 1.82) is 5.26 Å². The first-order valence-corrected chi connectivity index (χ1v) is 4.18. The number of nitrogens with zero attached hydrogens (tertiary/aromatic N) is 3. The molecule has 0 aliphatic carbocycles. The van der Waals surface area contributed by atoms with Gasteiger partial charge in [-0.25, -0.2) is 4.98 Å². The fourth-order valence-corrected chi connectivity index (χ4v) is 1.18. The van der Waals surface area contributed by atoms with Gasteiger partial charge in [0.1, 0.15) is 11.8 Å². The predicted octanol–water partition coefficient (Wildman–Crippen LogP) is 1.65. The van der Waals surface area contributed by atoms with Gasteiger partial charge in [0, 0.05) is 17.5 Å². The molecule has 0 saturated carbocycles. The topological polar surface area (TPSA) is 65.4 Å². The summed E-state index contributed by atoms with van der Waals surface area (Å²) in [6.45, 7) is 1.94. The van der Waals surface area contributed by atoms with Crippen LogP contribution in [0.4, 0.5) is 0 Å². The maximum absolute atomic E-state index is 8.57. The molecule has 0 unspecified atom stereocenters. The third-order valence-electron chi connectivity index (χ3n) is 1.88. The average Bonchev–Trinajstić information content (AvgIpc) is 2.65. The van der Waals surface area contributed by atoms with Crippen molar-refractivity contribution in [2.75, 3.05) is 0 Å². The van der Waals surface area contributed by atoms with Crippen molar-refractivity contribution in [3.63, 3.8) is 0 Å². The Labute approximate surface area is 81.2 Å². The zero-order chi connectivity index (χ0) is 9.97. The first-order valence-electron chi connectivity index (χ1n) is 4.18. The Hall–Kier alpha value is -2.15. The summed E-state index contributed by atoms with van der Waals surface area (Å²) in [5.74, 6) is 0. The van der Waals surface area contributed by atoms with Crippen LogP contribution in [0, 0.1) is 18.3 Å². The summed E-state index contributed by atoms with van der Waals surface area (Å²) in [4.78, 5) is 3.97. The van der Waals surface area contributed by atoms with Crippen LogP contribution in [0.25, 0.3) is 11.3 Å². The van der Waals surface area contributed by atoms with Gasteiger partial charge in [-0.2, -0.15) is 10.4 Å². The second-order valence-electron chi connectivity index (χ2n) is 2.98. The highest BCUT2D eigenvalue weighted by molar-refractivity contribution is 5.58. The van der Waals surface area contributed by atoms with Gasteiger partial charge in [0.25, 0.3) is 0 Å². The number of H-pyrrole nitrogens is 1. The molecule has 68 valence electrons. The van der Waals surface area contributed by atoms with Gasteiger partial charge >= 0.3 is 0 Å². The second kappa shape index (κ2) is 3.30. The first kappa shape index (κ1) is 8.45. The van der Waals surface area contributed by atoms with Crippen LogP contribution in [0.5, 0.6) is 0 Å². The lowest BCUT2D eigenvalue weighted by molar-refractivity contribution is 1.05. The number of aryl methyl sites for hydroxylation is 1. The van der Waals surface area contributed by atoms with Crippen LogP contribution in [0.1, 0.15) is 11.4 Å². The van der Waals surface area contributed by atoms with Crippen molar-refractivity contribution >= 4 is 0 Å². The molecule has 2 aromatic heterocycles. The number of hydrogen-bond donors (Lipinski definition) is 1. The van der Waals surface area contributed by atoms with Crippen LogP contribution in [-0.4, -0.2) is 15.2 Å². The molecule has 0 aromatic carbocycles. The van der Waals surface area contributed by atoms with Crippen LogP contribution >= 0.6 is 0 Å². The smallest absolute Gasteiger partial charge is 0.140 e. The molecule has 2 heterocycles. The summed E-state index contributed by atoms with van der Waals surface area (Å²) in [5, 5.41) is 15.5. The molecule has 0 saturated heterocycles. The van der Waals surface area contributed by atoms with Crippen LogP contribution in [0.3, 0.4) is 0 Å². The molecule has 0 fully saturated rings. The molecule has 0 aliphatic rings. The van der Waals surface area contributed by atoms with Crippen LogP contribution < -0.4 is 0 Å². The highest BCUT2D eigenvalue weighted by atomic mass is 15.1. The Balaban J connectivity index is 2.39. The lowest BCUT2D eigenvalue weighted by atomic mass is 10.2.